The van der Waals surface area contributed by atoms with Gasteiger partial charge in [-0.15, -0.1) is 0 Å². The van der Waals surface area contributed by atoms with E-state index in [1.165, 1.54) is 5.56 Å². The molecule has 1 unspecified atom stereocenters. The fourth-order valence-electron chi connectivity index (χ4n) is 4.55. The van der Waals surface area contributed by atoms with Gasteiger partial charge in [-0.2, -0.15) is 0 Å². The van der Waals surface area contributed by atoms with E-state index in [-0.39, 0.29) is 0 Å². The highest BCUT2D eigenvalue weighted by Crippen LogP contribution is 2.35. The number of aliphatic hydroxyl groups is 3. The standard InChI is InChI=1S/C24H30O7S/c1-3-15-7-8-17(23-21(26)20(25)22(27)24(31-23)32(2,28)29)13-18(15)12-14-6-9-19-16(11-14)5-4-10-30-19/h6-9,11,13,20-27H,3-5,10,12H2,1-2H3/t20-,21-,22?,23+,24-/m1/s1. The lowest BCUT2D eigenvalue weighted by Gasteiger charge is -2.40. The van der Waals surface area contributed by atoms with E-state index in [0.29, 0.717) is 12.0 Å². The first-order valence-electron chi connectivity index (χ1n) is 10.9. The van der Waals surface area contributed by atoms with Gasteiger partial charge < -0.3 is 24.8 Å². The maximum atomic E-state index is 12.1. The third kappa shape index (κ3) is 4.56. The number of fused-ring (bicyclic) bond motifs is 1. The predicted octanol–water partition coefficient (Wildman–Crippen LogP) is 1.69. The van der Waals surface area contributed by atoms with Gasteiger partial charge in [-0.1, -0.05) is 37.3 Å². The Kier molecular flexibility index (Phi) is 6.61. The van der Waals surface area contributed by atoms with E-state index in [2.05, 4.69) is 13.0 Å². The van der Waals surface area contributed by atoms with Gasteiger partial charge in [0.2, 0.25) is 0 Å². The van der Waals surface area contributed by atoms with Crippen LogP contribution in [0.4, 0.5) is 0 Å². The Morgan fingerprint density at radius 2 is 1.78 bits per heavy atom. The van der Waals surface area contributed by atoms with Gasteiger partial charge in [0.25, 0.3) is 0 Å². The Balaban J connectivity index is 1.65. The van der Waals surface area contributed by atoms with Crippen molar-refractivity contribution >= 4 is 9.84 Å². The molecule has 1 fully saturated rings. The van der Waals surface area contributed by atoms with E-state index >= 15 is 0 Å². The first kappa shape index (κ1) is 23.2. The normalized spacial score (nSPS) is 28.1. The van der Waals surface area contributed by atoms with Crippen LogP contribution in [0.2, 0.25) is 0 Å². The molecule has 2 aliphatic heterocycles. The lowest BCUT2D eigenvalue weighted by molar-refractivity contribution is -0.202. The third-order valence-electron chi connectivity index (χ3n) is 6.30. The average Bonchev–Trinajstić information content (AvgIpc) is 2.76. The number of hydrogen-bond donors (Lipinski definition) is 3. The zero-order valence-corrected chi connectivity index (χ0v) is 19.1. The summed E-state index contributed by atoms with van der Waals surface area (Å²) in [5.74, 6) is 0.933. The lowest BCUT2D eigenvalue weighted by atomic mass is 9.89. The van der Waals surface area contributed by atoms with E-state index in [1.807, 2.05) is 24.3 Å². The minimum absolute atomic E-state index is 0.561. The van der Waals surface area contributed by atoms with Crippen molar-refractivity contribution in [2.24, 2.45) is 0 Å². The summed E-state index contributed by atoms with van der Waals surface area (Å²) in [6, 6.07) is 11.8. The van der Waals surface area contributed by atoms with Gasteiger partial charge in [0.05, 0.1) is 6.61 Å². The smallest absolute Gasteiger partial charge is 0.187 e. The molecule has 1 saturated heterocycles. The fraction of sp³-hybridized carbons (Fsp3) is 0.500. The summed E-state index contributed by atoms with van der Waals surface area (Å²) >= 11 is 0. The number of sulfone groups is 1. The topological polar surface area (TPSA) is 113 Å². The molecule has 2 aromatic carbocycles. The Labute approximate surface area is 188 Å². The van der Waals surface area contributed by atoms with Crippen LogP contribution in [0, 0.1) is 0 Å². The van der Waals surface area contributed by atoms with Crippen molar-refractivity contribution < 1.29 is 33.2 Å². The van der Waals surface area contributed by atoms with Crippen LogP contribution >= 0.6 is 0 Å². The van der Waals surface area contributed by atoms with Crippen LogP contribution in [0.1, 0.15) is 47.3 Å². The molecule has 0 amide bonds. The molecular weight excluding hydrogens is 432 g/mol. The molecule has 32 heavy (non-hydrogen) atoms. The molecule has 0 bridgehead atoms. The van der Waals surface area contributed by atoms with E-state index < -0.39 is 39.7 Å². The van der Waals surface area contributed by atoms with Crippen molar-refractivity contribution in [1.82, 2.24) is 0 Å². The van der Waals surface area contributed by atoms with Crippen LogP contribution in [0.15, 0.2) is 36.4 Å². The molecule has 2 heterocycles. The summed E-state index contributed by atoms with van der Waals surface area (Å²) in [5.41, 5.74) is 3.45. The van der Waals surface area contributed by atoms with Gasteiger partial charge >= 0.3 is 0 Å². The molecule has 2 aliphatic rings. The highest BCUT2D eigenvalue weighted by Gasteiger charge is 2.48. The Morgan fingerprint density at radius 3 is 2.50 bits per heavy atom. The van der Waals surface area contributed by atoms with Crippen LogP contribution in [-0.2, 0) is 33.8 Å². The van der Waals surface area contributed by atoms with Gasteiger partial charge in [-0.3, -0.25) is 0 Å². The monoisotopic (exact) mass is 462 g/mol. The van der Waals surface area contributed by atoms with Gasteiger partial charge in [0, 0.05) is 6.26 Å². The molecule has 2 aromatic rings. The zero-order valence-electron chi connectivity index (χ0n) is 18.3. The number of aryl methyl sites for hydroxylation is 2. The van der Waals surface area contributed by atoms with Crippen molar-refractivity contribution in [3.8, 4) is 5.75 Å². The van der Waals surface area contributed by atoms with E-state index in [1.54, 1.807) is 6.07 Å². The maximum Gasteiger partial charge on any atom is 0.187 e. The van der Waals surface area contributed by atoms with E-state index in [0.717, 1.165) is 54.6 Å². The SMILES string of the molecule is CCc1ccc([C@@H]2O[C@H](S(C)(=O)=O)C(O)[C@H](O)[C@H]2O)cc1Cc1ccc2c(c1)CCCO2. The summed E-state index contributed by atoms with van der Waals surface area (Å²) in [4.78, 5) is 0. The molecule has 174 valence electrons. The van der Waals surface area contributed by atoms with Crippen molar-refractivity contribution in [3.05, 3.63) is 64.2 Å². The quantitative estimate of drug-likeness (QED) is 0.620. The van der Waals surface area contributed by atoms with Gasteiger partial charge in [-0.25, -0.2) is 8.42 Å². The molecular formula is C24H30O7S. The Bertz CT molecular complexity index is 1080. The van der Waals surface area contributed by atoms with Crippen molar-refractivity contribution in [3.63, 3.8) is 0 Å². The van der Waals surface area contributed by atoms with Crippen molar-refractivity contribution in [2.75, 3.05) is 12.9 Å². The van der Waals surface area contributed by atoms with Gasteiger partial charge in [0.15, 0.2) is 15.3 Å². The van der Waals surface area contributed by atoms with Crippen LogP contribution in [0.3, 0.4) is 0 Å². The zero-order chi connectivity index (χ0) is 23.0. The summed E-state index contributed by atoms with van der Waals surface area (Å²) in [6.45, 7) is 2.80. The number of hydrogen-bond acceptors (Lipinski definition) is 7. The first-order chi connectivity index (χ1) is 15.2. The average molecular weight is 463 g/mol. The molecule has 0 aliphatic carbocycles. The van der Waals surface area contributed by atoms with Crippen LogP contribution in [0.25, 0.3) is 0 Å². The minimum Gasteiger partial charge on any atom is -0.493 e. The first-order valence-corrected chi connectivity index (χ1v) is 12.9. The number of ether oxygens (including phenoxy) is 2. The molecule has 4 rings (SSSR count). The second-order valence-corrected chi connectivity index (χ2v) is 10.8. The highest BCUT2D eigenvalue weighted by atomic mass is 32.2. The van der Waals surface area contributed by atoms with Gasteiger partial charge in [-0.05, 0) is 59.6 Å². The van der Waals surface area contributed by atoms with E-state index in [4.69, 9.17) is 9.47 Å². The summed E-state index contributed by atoms with van der Waals surface area (Å²) in [6.07, 6.45) is -1.49. The third-order valence-corrected chi connectivity index (χ3v) is 7.53. The molecule has 8 heteroatoms. The predicted molar refractivity (Wildman–Crippen MR) is 119 cm³/mol. The Hall–Kier alpha value is -1.97. The van der Waals surface area contributed by atoms with Crippen LogP contribution in [0.5, 0.6) is 5.75 Å². The minimum atomic E-state index is -3.81. The Morgan fingerprint density at radius 1 is 1.00 bits per heavy atom. The second-order valence-electron chi connectivity index (χ2n) is 8.68. The molecule has 7 nitrogen and oxygen atoms in total. The maximum absolute atomic E-state index is 12.1. The fourth-order valence-corrected chi connectivity index (χ4v) is 5.54. The lowest BCUT2D eigenvalue weighted by Crippen LogP contribution is -2.56. The van der Waals surface area contributed by atoms with Crippen LogP contribution < -0.4 is 4.74 Å². The molecule has 0 aromatic heterocycles. The van der Waals surface area contributed by atoms with Crippen LogP contribution in [-0.4, -0.2) is 60.3 Å². The molecule has 3 N–H and O–H groups in total. The summed E-state index contributed by atoms with van der Waals surface area (Å²) in [5, 5.41) is 30.9. The molecule has 5 atom stereocenters. The number of rotatable bonds is 5. The molecule has 0 radical (unpaired) electrons. The van der Waals surface area contributed by atoms with Crippen molar-refractivity contribution in [1.29, 1.82) is 0 Å². The molecule has 0 spiro atoms. The summed E-state index contributed by atoms with van der Waals surface area (Å²) < 4.78 is 35.5. The number of benzene rings is 2. The second kappa shape index (κ2) is 9.11. The van der Waals surface area contributed by atoms with Crippen molar-refractivity contribution in [2.45, 2.75) is 62.5 Å². The van der Waals surface area contributed by atoms with Gasteiger partial charge in [0.1, 0.15) is 30.2 Å². The van der Waals surface area contributed by atoms with E-state index in [9.17, 15) is 23.7 Å². The molecule has 0 saturated carbocycles. The summed E-state index contributed by atoms with van der Waals surface area (Å²) in [7, 11) is -3.81. The highest BCUT2D eigenvalue weighted by molar-refractivity contribution is 7.91. The number of aliphatic hydroxyl groups excluding tert-OH is 3. The largest absolute Gasteiger partial charge is 0.493 e.